The molecule has 2 rings (SSSR count). The van der Waals surface area contributed by atoms with Gasteiger partial charge < -0.3 is 10.5 Å². The number of nitrogens with two attached hydrogens (primary N) is 1. The van der Waals surface area contributed by atoms with E-state index in [0.717, 1.165) is 30.5 Å². The molecule has 1 unspecified atom stereocenters. The summed E-state index contributed by atoms with van der Waals surface area (Å²) >= 11 is 1.68. The van der Waals surface area contributed by atoms with Crippen molar-refractivity contribution in [3.63, 3.8) is 0 Å². The molecule has 0 bridgehead atoms. The zero-order valence-electron chi connectivity index (χ0n) is 8.50. The maximum absolute atomic E-state index is 5.46. The molecule has 1 aromatic rings. The predicted octanol–water partition coefficient (Wildman–Crippen LogP) is -0.240. The molecule has 0 aromatic carbocycles. The van der Waals surface area contributed by atoms with Gasteiger partial charge in [0.2, 0.25) is 5.16 Å². The van der Waals surface area contributed by atoms with Crippen molar-refractivity contribution in [2.24, 2.45) is 11.7 Å². The molecule has 0 amide bonds. The van der Waals surface area contributed by atoms with Gasteiger partial charge in [0.05, 0.1) is 13.2 Å². The summed E-state index contributed by atoms with van der Waals surface area (Å²) in [5, 5.41) is 12.3. The van der Waals surface area contributed by atoms with E-state index >= 15 is 0 Å². The van der Waals surface area contributed by atoms with Crippen LogP contribution < -0.4 is 5.73 Å². The highest BCUT2D eigenvalue weighted by molar-refractivity contribution is 7.99. The van der Waals surface area contributed by atoms with E-state index in [1.54, 1.807) is 16.4 Å². The molecule has 1 saturated heterocycles. The third kappa shape index (κ3) is 2.90. The lowest BCUT2D eigenvalue weighted by Gasteiger charge is -2.06. The van der Waals surface area contributed by atoms with Crippen LogP contribution in [0.25, 0.3) is 0 Å². The lowest BCUT2D eigenvalue weighted by molar-refractivity contribution is 0.189. The molecule has 1 atom stereocenters. The van der Waals surface area contributed by atoms with Gasteiger partial charge in [-0.2, -0.15) is 0 Å². The third-order valence-electron chi connectivity index (χ3n) is 2.31. The van der Waals surface area contributed by atoms with Gasteiger partial charge in [-0.25, -0.2) is 4.68 Å². The second-order valence-electron chi connectivity index (χ2n) is 3.51. The first kappa shape index (κ1) is 10.8. The van der Waals surface area contributed by atoms with E-state index in [1.165, 1.54) is 0 Å². The first-order valence-electron chi connectivity index (χ1n) is 5.07. The van der Waals surface area contributed by atoms with Crippen molar-refractivity contribution < 1.29 is 4.74 Å². The third-order valence-corrected chi connectivity index (χ3v) is 3.50. The molecule has 84 valence electrons. The van der Waals surface area contributed by atoms with Crippen LogP contribution in [0.15, 0.2) is 5.16 Å². The molecule has 0 aliphatic carbocycles. The number of rotatable bonds is 5. The Kier molecular flexibility index (Phi) is 3.93. The highest BCUT2D eigenvalue weighted by atomic mass is 32.2. The van der Waals surface area contributed by atoms with Crippen molar-refractivity contribution in [2.45, 2.75) is 18.1 Å². The van der Waals surface area contributed by atoms with Crippen LogP contribution in [0.3, 0.4) is 0 Å². The summed E-state index contributed by atoms with van der Waals surface area (Å²) in [7, 11) is 0. The first-order valence-corrected chi connectivity index (χ1v) is 6.05. The fourth-order valence-corrected chi connectivity index (χ4v) is 2.49. The van der Waals surface area contributed by atoms with Crippen LogP contribution in [-0.2, 0) is 11.3 Å². The minimum Gasteiger partial charge on any atom is -0.381 e. The van der Waals surface area contributed by atoms with E-state index in [-0.39, 0.29) is 0 Å². The Hall–Kier alpha value is -0.660. The average Bonchev–Trinajstić information content (AvgIpc) is 2.85. The molecule has 0 radical (unpaired) electrons. The quantitative estimate of drug-likeness (QED) is 0.702. The number of hydrogen-bond acceptors (Lipinski definition) is 6. The fraction of sp³-hybridized carbons (Fsp3) is 0.875. The number of tetrazole rings is 1. The molecular formula is C8H15N5OS. The van der Waals surface area contributed by atoms with Crippen molar-refractivity contribution in [1.82, 2.24) is 20.2 Å². The van der Waals surface area contributed by atoms with Crippen LogP contribution in [0.2, 0.25) is 0 Å². The number of thioether (sulfide) groups is 1. The van der Waals surface area contributed by atoms with Gasteiger partial charge in [-0.3, -0.25) is 0 Å². The van der Waals surface area contributed by atoms with Gasteiger partial charge in [-0.15, -0.1) is 5.10 Å². The molecule has 6 nitrogen and oxygen atoms in total. The van der Waals surface area contributed by atoms with Crippen LogP contribution in [0.5, 0.6) is 0 Å². The van der Waals surface area contributed by atoms with Crippen LogP contribution in [0, 0.1) is 5.92 Å². The predicted molar refractivity (Wildman–Crippen MR) is 56.5 cm³/mol. The number of aromatic nitrogens is 4. The lowest BCUT2D eigenvalue weighted by atomic mass is 10.2. The maximum Gasteiger partial charge on any atom is 0.209 e. The summed E-state index contributed by atoms with van der Waals surface area (Å²) in [6.07, 6.45) is 1.14. The molecule has 1 aromatic heterocycles. The smallest absolute Gasteiger partial charge is 0.209 e. The monoisotopic (exact) mass is 229 g/mol. The summed E-state index contributed by atoms with van der Waals surface area (Å²) < 4.78 is 7.06. The van der Waals surface area contributed by atoms with E-state index < -0.39 is 0 Å². The average molecular weight is 229 g/mol. The standard InChI is InChI=1S/C8H15N5OS/c9-2-3-13-8(10-11-12-13)15-6-7-1-4-14-5-7/h7H,1-6,9H2. The first-order chi connectivity index (χ1) is 7.40. The van der Waals surface area contributed by atoms with Gasteiger partial charge in [0.25, 0.3) is 0 Å². The van der Waals surface area contributed by atoms with Gasteiger partial charge in [0.15, 0.2) is 0 Å². The maximum atomic E-state index is 5.46. The van der Waals surface area contributed by atoms with E-state index in [9.17, 15) is 0 Å². The van der Waals surface area contributed by atoms with Crippen LogP contribution in [-0.4, -0.2) is 45.7 Å². The van der Waals surface area contributed by atoms with Gasteiger partial charge in [0.1, 0.15) is 0 Å². The fourth-order valence-electron chi connectivity index (χ4n) is 1.47. The zero-order valence-corrected chi connectivity index (χ0v) is 9.32. The number of nitrogens with zero attached hydrogens (tertiary/aromatic N) is 4. The van der Waals surface area contributed by atoms with Crippen molar-refractivity contribution in [3.05, 3.63) is 0 Å². The summed E-state index contributed by atoms with van der Waals surface area (Å²) in [4.78, 5) is 0. The molecule has 7 heteroatoms. The van der Waals surface area contributed by atoms with Crippen molar-refractivity contribution in [1.29, 1.82) is 0 Å². The molecule has 2 heterocycles. The van der Waals surface area contributed by atoms with Gasteiger partial charge >= 0.3 is 0 Å². The Labute approximate surface area is 92.5 Å². The van der Waals surface area contributed by atoms with E-state index in [2.05, 4.69) is 15.5 Å². The minimum atomic E-state index is 0.561. The van der Waals surface area contributed by atoms with Crippen LogP contribution in [0.4, 0.5) is 0 Å². The van der Waals surface area contributed by atoms with Crippen molar-refractivity contribution in [3.8, 4) is 0 Å². The topological polar surface area (TPSA) is 78.9 Å². The van der Waals surface area contributed by atoms with Gasteiger partial charge in [-0.1, -0.05) is 11.8 Å². The minimum absolute atomic E-state index is 0.561. The molecule has 0 saturated carbocycles. The van der Waals surface area contributed by atoms with E-state index in [4.69, 9.17) is 10.5 Å². The molecule has 0 spiro atoms. The van der Waals surface area contributed by atoms with Gasteiger partial charge in [0, 0.05) is 18.9 Å². The summed E-state index contributed by atoms with van der Waals surface area (Å²) in [6.45, 7) is 2.99. The Balaban J connectivity index is 1.83. The lowest BCUT2D eigenvalue weighted by Crippen LogP contribution is -2.13. The highest BCUT2D eigenvalue weighted by Crippen LogP contribution is 2.22. The largest absolute Gasteiger partial charge is 0.381 e. The Morgan fingerprint density at radius 1 is 1.60 bits per heavy atom. The molecule has 1 aliphatic rings. The second kappa shape index (κ2) is 5.43. The van der Waals surface area contributed by atoms with E-state index in [0.29, 0.717) is 19.0 Å². The summed E-state index contributed by atoms with van der Waals surface area (Å²) in [5.41, 5.74) is 5.46. The van der Waals surface area contributed by atoms with Gasteiger partial charge in [-0.05, 0) is 22.8 Å². The molecule has 1 fully saturated rings. The molecule has 15 heavy (non-hydrogen) atoms. The van der Waals surface area contributed by atoms with Crippen molar-refractivity contribution in [2.75, 3.05) is 25.5 Å². The Morgan fingerprint density at radius 2 is 2.53 bits per heavy atom. The number of hydrogen-bond donors (Lipinski definition) is 1. The summed E-state index contributed by atoms with van der Waals surface area (Å²) in [5.74, 6) is 1.66. The second-order valence-corrected chi connectivity index (χ2v) is 4.50. The highest BCUT2D eigenvalue weighted by Gasteiger charge is 2.17. The SMILES string of the molecule is NCCn1nnnc1SCC1CCOC1. The molecule has 2 N–H and O–H groups in total. The Bertz CT molecular complexity index is 299. The van der Waals surface area contributed by atoms with Crippen LogP contribution in [0.1, 0.15) is 6.42 Å². The normalized spacial score (nSPS) is 21.0. The Morgan fingerprint density at radius 3 is 3.27 bits per heavy atom. The number of ether oxygens (including phenoxy) is 1. The molecule has 1 aliphatic heterocycles. The van der Waals surface area contributed by atoms with Crippen LogP contribution >= 0.6 is 11.8 Å². The van der Waals surface area contributed by atoms with E-state index in [1.807, 2.05) is 0 Å². The summed E-state index contributed by atoms with van der Waals surface area (Å²) in [6, 6.07) is 0. The zero-order chi connectivity index (χ0) is 10.5. The molecular weight excluding hydrogens is 214 g/mol. The van der Waals surface area contributed by atoms with Crippen molar-refractivity contribution >= 4 is 11.8 Å².